The maximum Gasteiger partial charge on any atom is 0.293 e. The number of nitrogens with zero attached hydrogens (tertiary/aromatic N) is 1. The number of furan rings is 1. The number of amides is 2. The Kier molecular flexibility index (Phi) is 4.19. The van der Waals surface area contributed by atoms with E-state index in [2.05, 4.69) is 10.3 Å². The molecule has 20 heavy (non-hydrogen) atoms. The van der Waals surface area contributed by atoms with Gasteiger partial charge in [-0.1, -0.05) is 18.3 Å². The van der Waals surface area contributed by atoms with E-state index in [4.69, 9.17) is 10.2 Å². The average molecular weight is 293 g/mol. The minimum Gasteiger partial charge on any atom is -0.456 e. The van der Waals surface area contributed by atoms with Crippen molar-refractivity contribution in [3.63, 3.8) is 0 Å². The summed E-state index contributed by atoms with van der Waals surface area (Å²) in [5.74, 6) is 0.0496. The fourth-order valence-corrected chi connectivity index (χ4v) is 2.53. The Morgan fingerprint density at radius 2 is 2.20 bits per heavy atom. The molecule has 0 aromatic carbocycles. The maximum atomic E-state index is 12.0. The monoisotopic (exact) mass is 293 g/mol. The maximum absolute atomic E-state index is 12.0. The zero-order chi connectivity index (χ0) is 14.7. The van der Waals surface area contributed by atoms with Crippen LogP contribution in [0.2, 0.25) is 0 Å². The largest absolute Gasteiger partial charge is 0.456 e. The van der Waals surface area contributed by atoms with Gasteiger partial charge in [-0.15, -0.1) is 0 Å². The molecule has 0 aliphatic heterocycles. The molecule has 0 unspecified atom stereocenters. The molecule has 0 aliphatic rings. The van der Waals surface area contributed by atoms with E-state index in [-0.39, 0.29) is 5.76 Å². The second-order valence-electron chi connectivity index (χ2n) is 4.27. The number of rotatable bonds is 5. The van der Waals surface area contributed by atoms with Gasteiger partial charge < -0.3 is 10.2 Å². The first-order valence-corrected chi connectivity index (χ1v) is 7.00. The third-order valence-corrected chi connectivity index (χ3v) is 3.71. The summed E-state index contributed by atoms with van der Waals surface area (Å²) < 4.78 is 5.42. The summed E-state index contributed by atoms with van der Waals surface area (Å²) in [6.07, 6.45) is 1.73. The Morgan fingerprint density at radius 1 is 1.45 bits per heavy atom. The van der Waals surface area contributed by atoms with Gasteiger partial charge in [-0.05, 0) is 25.5 Å². The highest BCUT2D eigenvalue weighted by Gasteiger charge is 2.16. The van der Waals surface area contributed by atoms with E-state index in [9.17, 15) is 9.59 Å². The van der Waals surface area contributed by atoms with Crippen LogP contribution in [0.15, 0.2) is 16.5 Å². The van der Waals surface area contributed by atoms with Crippen molar-refractivity contribution in [3.8, 4) is 0 Å². The summed E-state index contributed by atoms with van der Waals surface area (Å²) in [5, 5.41) is 2.93. The van der Waals surface area contributed by atoms with Crippen LogP contribution in [0.25, 0.3) is 0 Å². The van der Waals surface area contributed by atoms with Gasteiger partial charge in [-0.3, -0.25) is 14.9 Å². The van der Waals surface area contributed by atoms with Crippen LogP contribution in [0.5, 0.6) is 0 Å². The third-order valence-electron chi connectivity index (χ3n) is 2.62. The number of hydrogen-bond donors (Lipinski definition) is 2. The second kappa shape index (κ2) is 5.87. The van der Waals surface area contributed by atoms with Crippen molar-refractivity contribution in [2.45, 2.75) is 26.7 Å². The van der Waals surface area contributed by atoms with Gasteiger partial charge >= 0.3 is 0 Å². The molecule has 0 atom stereocenters. The number of hydrogen-bond acceptors (Lipinski definition) is 5. The van der Waals surface area contributed by atoms with Crippen LogP contribution >= 0.6 is 11.3 Å². The predicted octanol–water partition coefficient (Wildman–Crippen LogP) is 2.35. The molecule has 0 aliphatic carbocycles. The number of thiazole rings is 1. The number of nitrogens with one attached hydrogen (secondary N) is 1. The van der Waals surface area contributed by atoms with Crippen LogP contribution in [0.3, 0.4) is 0 Å². The first-order valence-electron chi connectivity index (χ1n) is 6.18. The zero-order valence-electron chi connectivity index (χ0n) is 11.2. The van der Waals surface area contributed by atoms with Crippen LogP contribution in [0.4, 0.5) is 5.13 Å². The van der Waals surface area contributed by atoms with E-state index in [1.54, 1.807) is 19.1 Å². The molecular formula is C13H15N3O3S. The first-order chi connectivity index (χ1) is 9.51. The van der Waals surface area contributed by atoms with Crippen LogP contribution in [-0.2, 0) is 6.42 Å². The van der Waals surface area contributed by atoms with Crippen LogP contribution in [0.1, 0.15) is 45.0 Å². The molecule has 6 nitrogen and oxygen atoms in total. The number of carbonyl (C=O) groups is 2. The third kappa shape index (κ3) is 3.05. The topological polar surface area (TPSA) is 98.2 Å². The number of primary amides is 1. The SMILES string of the molecule is CCCc1ccc(C(=O)Nc2nc(C)c(C(N)=O)s2)o1. The number of aromatic nitrogens is 1. The fraction of sp³-hybridized carbons (Fsp3) is 0.308. The van der Waals surface area contributed by atoms with Gasteiger partial charge in [0.15, 0.2) is 10.9 Å². The van der Waals surface area contributed by atoms with Gasteiger partial charge in [0.05, 0.1) is 5.69 Å². The van der Waals surface area contributed by atoms with E-state index in [0.717, 1.165) is 29.9 Å². The van der Waals surface area contributed by atoms with Crippen molar-refractivity contribution in [1.82, 2.24) is 4.98 Å². The quantitative estimate of drug-likeness (QED) is 0.884. The van der Waals surface area contributed by atoms with Crippen molar-refractivity contribution in [3.05, 3.63) is 34.2 Å². The zero-order valence-corrected chi connectivity index (χ0v) is 12.0. The summed E-state index contributed by atoms with van der Waals surface area (Å²) in [6.45, 7) is 3.70. The number of aryl methyl sites for hydroxylation is 2. The minimum absolute atomic E-state index is 0.224. The van der Waals surface area contributed by atoms with Crippen molar-refractivity contribution in [2.75, 3.05) is 5.32 Å². The highest BCUT2D eigenvalue weighted by molar-refractivity contribution is 7.17. The molecule has 3 N–H and O–H groups in total. The van der Waals surface area contributed by atoms with Gasteiger partial charge in [0.1, 0.15) is 10.6 Å². The molecule has 0 spiro atoms. The molecule has 0 saturated heterocycles. The lowest BCUT2D eigenvalue weighted by molar-refractivity contribution is 0.0990. The van der Waals surface area contributed by atoms with E-state index in [0.29, 0.717) is 15.7 Å². The molecule has 2 heterocycles. The normalized spacial score (nSPS) is 10.5. The summed E-state index contributed by atoms with van der Waals surface area (Å²) in [5.41, 5.74) is 5.71. The minimum atomic E-state index is -0.552. The molecule has 2 aromatic rings. The molecule has 0 bridgehead atoms. The molecule has 0 fully saturated rings. The van der Waals surface area contributed by atoms with Crippen molar-refractivity contribution in [1.29, 1.82) is 0 Å². The lowest BCUT2D eigenvalue weighted by Crippen LogP contribution is -2.10. The van der Waals surface area contributed by atoms with Gasteiger partial charge in [0.25, 0.3) is 11.8 Å². The molecule has 0 radical (unpaired) electrons. The number of anilines is 1. The summed E-state index contributed by atoms with van der Waals surface area (Å²) in [7, 11) is 0. The average Bonchev–Trinajstić information content (AvgIpc) is 2.97. The van der Waals surface area contributed by atoms with E-state index in [1.807, 2.05) is 6.92 Å². The fourth-order valence-electron chi connectivity index (χ4n) is 1.72. The second-order valence-corrected chi connectivity index (χ2v) is 5.27. The van der Waals surface area contributed by atoms with E-state index < -0.39 is 11.8 Å². The smallest absolute Gasteiger partial charge is 0.293 e. The Labute approximate surface area is 120 Å². The molecule has 2 amide bonds. The Bertz CT molecular complexity index is 645. The lowest BCUT2D eigenvalue weighted by atomic mass is 10.3. The predicted molar refractivity (Wildman–Crippen MR) is 76.0 cm³/mol. The highest BCUT2D eigenvalue weighted by atomic mass is 32.1. The standard InChI is InChI=1S/C13H15N3O3S/c1-3-4-8-5-6-9(19-8)12(18)16-13-15-7(2)10(20-13)11(14)17/h5-6H,3-4H2,1-2H3,(H2,14,17)(H,15,16,18). The Balaban J connectivity index is 2.10. The number of nitrogens with two attached hydrogens (primary N) is 1. The van der Waals surface area contributed by atoms with Crippen LogP contribution < -0.4 is 11.1 Å². The molecule has 0 saturated carbocycles. The summed E-state index contributed by atoms with van der Waals surface area (Å²) in [6, 6.07) is 3.40. The van der Waals surface area contributed by atoms with Gasteiger partial charge in [0.2, 0.25) is 0 Å². The molecule has 2 rings (SSSR count). The Morgan fingerprint density at radius 3 is 2.80 bits per heavy atom. The Hall–Kier alpha value is -2.15. The van der Waals surface area contributed by atoms with Crippen LogP contribution in [-0.4, -0.2) is 16.8 Å². The molecule has 2 aromatic heterocycles. The summed E-state index contributed by atoms with van der Waals surface area (Å²) >= 11 is 1.05. The van der Waals surface area contributed by atoms with Crippen molar-refractivity contribution < 1.29 is 14.0 Å². The number of carbonyl (C=O) groups excluding carboxylic acids is 2. The van der Waals surface area contributed by atoms with E-state index >= 15 is 0 Å². The summed E-state index contributed by atoms with van der Waals surface area (Å²) in [4.78, 5) is 27.5. The first kappa shape index (κ1) is 14.3. The van der Waals surface area contributed by atoms with E-state index in [1.165, 1.54) is 0 Å². The van der Waals surface area contributed by atoms with Crippen molar-refractivity contribution >= 4 is 28.3 Å². The molecule has 106 valence electrons. The van der Waals surface area contributed by atoms with Crippen molar-refractivity contribution in [2.24, 2.45) is 5.73 Å². The van der Waals surface area contributed by atoms with Crippen LogP contribution in [0, 0.1) is 6.92 Å². The van der Waals surface area contributed by atoms with Gasteiger partial charge in [-0.2, -0.15) is 0 Å². The molecular weight excluding hydrogens is 278 g/mol. The molecule has 7 heteroatoms. The highest BCUT2D eigenvalue weighted by Crippen LogP contribution is 2.22. The van der Waals surface area contributed by atoms with Gasteiger partial charge in [0, 0.05) is 6.42 Å². The van der Waals surface area contributed by atoms with Gasteiger partial charge in [-0.25, -0.2) is 4.98 Å². The lowest BCUT2D eigenvalue weighted by Gasteiger charge is -1.97.